The molecule has 7 heteroatoms. The number of aromatic nitrogens is 2. The molecule has 1 aromatic heterocycles. The lowest BCUT2D eigenvalue weighted by Gasteiger charge is -2.32. The van der Waals surface area contributed by atoms with E-state index in [-0.39, 0.29) is 18.4 Å². The first-order valence-electron chi connectivity index (χ1n) is 6.85. The number of carbonyl (C=O) groups is 2. The van der Waals surface area contributed by atoms with Crippen LogP contribution in [0, 0.1) is 5.92 Å². The highest BCUT2D eigenvalue weighted by atomic mass is 16.2. The Balaban J connectivity index is 1.75. The second-order valence-electron chi connectivity index (χ2n) is 5.20. The minimum atomic E-state index is -0.000207. The topological polar surface area (TPSA) is 93.2 Å². The zero-order valence-electron chi connectivity index (χ0n) is 11.7. The highest BCUT2D eigenvalue weighted by Gasteiger charge is 2.23. The third-order valence-corrected chi connectivity index (χ3v) is 3.57. The number of piperidine rings is 1. The molecule has 20 heavy (non-hydrogen) atoms. The SMILES string of the molecule is CC(=O)NCC1CCN(C(=O)Cn2ccc(N)n2)CC1. The molecule has 0 aliphatic carbocycles. The van der Waals surface area contributed by atoms with E-state index in [1.807, 2.05) is 4.90 Å². The zero-order chi connectivity index (χ0) is 14.5. The Hall–Kier alpha value is -2.05. The molecule has 1 aliphatic heterocycles. The molecule has 2 rings (SSSR count). The van der Waals surface area contributed by atoms with Crippen molar-refractivity contribution >= 4 is 17.6 Å². The summed E-state index contributed by atoms with van der Waals surface area (Å²) in [6.07, 6.45) is 3.55. The summed E-state index contributed by atoms with van der Waals surface area (Å²) >= 11 is 0. The van der Waals surface area contributed by atoms with Crippen molar-refractivity contribution in [3.8, 4) is 0 Å². The lowest BCUT2D eigenvalue weighted by atomic mass is 9.97. The Morgan fingerprint density at radius 3 is 2.70 bits per heavy atom. The molecule has 2 amide bonds. The minimum Gasteiger partial charge on any atom is -0.382 e. The molecule has 1 aromatic rings. The molecule has 3 N–H and O–H groups in total. The van der Waals surface area contributed by atoms with E-state index < -0.39 is 0 Å². The molecular weight excluding hydrogens is 258 g/mol. The Morgan fingerprint density at radius 1 is 1.45 bits per heavy atom. The summed E-state index contributed by atoms with van der Waals surface area (Å²) < 4.78 is 1.56. The van der Waals surface area contributed by atoms with Gasteiger partial charge in [-0.05, 0) is 24.8 Å². The van der Waals surface area contributed by atoms with Crippen molar-refractivity contribution in [2.45, 2.75) is 26.3 Å². The van der Waals surface area contributed by atoms with E-state index in [0.717, 1.165) is 25.9 Å². The van der Waals surface area contributed by atoms with Crippen molar-refractivity contribution in [1.29, 1.82) is 0 Å². The van der Waals surface area contributed by atoms with Gasteiger partial charge in [0.1, 0.15) is 12.4 Å². The molecule has 0 unspecified atom stereocenters. The molecule has 0 atom stereocenters. The number of nitrogens with two attached hydrogens (primary N) is 1. The molecule has 0 saturated carbocycles. The van der Waals surface area contributed by atoms with Crippen molar-refractivity contribution in [2.24, 2.45) is 5.92 Å². The normalized spacial score (nSPS) is 16.1. The van der Waals surface area contributed by atoms with Crippen molar-refractivity contribution in [3.05, 3.63) is 12.3 Å². The van der Waals surface area contributed by atoms with E-state index in [1.165, 1.54) is 6.92 Å². The third kappa shape index (κ3) is 3.97. The monoisotopic (exact) mass is 279 g/mol. The maximum absolute atomic E-state index is 12.1. The maximum atomic E-state index is 12.1. The average Bonchev–Trinajstić information content (AvgIpc) is 2.82. The van der Waals surface area contributed by atoms with E-state index in [0.29, 0.717) is 18.3 Å². The molecule has 7 nitrogen and oxygen atoms in total. The van der Waals surface area contributed by atoms with Gasteiger partial charge in [0.25, 0.3) is 0 Å². The molecule has 0 radical (unpaired) electrons. The van der Waals surface area contributed by atoms with E-state index >= 15 is 0 Å². The van der Waals surface area contributed by atoms with Crippen LogP contribution in [0.5, 0.6) is 0 Å². The fourth-order valence-electron chi connectivity index (χ4n) is 2.38. The van der Waals surface area contributed by atoms with Crippen LogP contribution < -0.4 is 11.1 Å². The number of rotatable bonds is 4. The highest BCUT2D eigenvalue weighted by Crippen LogP contribution is 2.16. The van der Waals surface area contributed by atoms with E-state index in [4.69, 9.17) is 5.73 Å². The summed E-state index contributed by atoms with van der Waals surface area (Å²) in [5, 5.41) is 6.84. The fraction of sp³-hybridized carbons (Fsp3) is 0.615. The van der Waals surface area contributed by atoms with Gasteiger partial charge in [0.2, 0.25) is 11.8 Å². The van der Waals surface area contributed by atoms with E-state index in [9.17, 15) is 9.59 Å². The van der Waals surface area contributed by atoms with E-state index in [2.05, 4.69) is 10.4 Å². The van der Waals surface area contributed by atoms with Crippen LogP contribution >= 0.6 is 0 Å². The van der Waals surface area contributed by atoms with E-state index in [1.54, 1.807) is 16.9 Å². The number of hydrogen-bond donors (Lipinski definition) is 2. The summed E-state index contributed by atoms with van der Waals surface area (Å²) in [6.45, 7) is 3.93. The van der Waals surface area contributed by atoms with Gasteiger partial charge >= 0.3 is 0 Å². The second kappa shape index (κ2) is 6.40. The van der Waals surface area contributed by atoms with Gasteiger partial charge in [-0.15, -0.1) is 0 Å². The quantitative estimate of drug-likeness (QED) is 0.801. The van der Waals surface area contributed by atoms with Gasteiger partial charge in [-0.3, -0.25) is 14.3 Å². The molecule has 0 spiro atoms. The number of amides is 2. The average molecular weight is 279 g/mol. The molecular formula is C13H21N5O2. The van der Waals surface area contributed by atoms with Crippen molar-refractivity contribution in [2.75, 3.05) is 25.4 Å². The van der Waals surface area contributed by atoms with Crippen molar-refractivity contribution in [1.82, 2.24) is 20.0 Å². The number of nitrogens with zero attached hydrogens (tertiary/aromatic N) is 3. The number of hydrogen-bond acceptors (Lipinski definition) is 4. The first kappa shape index (κ1) is 14.4. The summed E-state index contributed by atoms with van der Waals surface area (Å²) in [7, 11) is 0. The van der Waals surface area contributed by atoms with Gasteiger partial charge in [0, 0.05) is 32.8 Å². The Kier molecular flexibility index (Phi) is 4.60. The smallest absolute Gasteiger partial charge is 0.244 e. The van der Waals surface area contributed by atoms with Crippen molar-refractivity contribution < 1.29 is 9.59 Å². The zero-order valence-corrected chi connectivity index (χ0v) is 11.7. The number of nitrogens with one attached hydrogen (secondary N) is 1. The molecule has 2 heterocycles. The summed E-state index contributed by atoms with van der Waals surface area (Å²) in [5.41, 5.74) is 5.52. The van der Waals surface area contributed by atoms with Crippen LogP contribution in [0.1, 0.15) is 19.8 Å². The van der Waals surface area contributed by atoms with Gasteiger partial charge in [-0.2, -0.15) is 5.10 Å². The Bertz CT molecular complexity index is 477. The first-order valence-corrected chi connectivity index (χ1v) is 6.85. The lowest BCUT2D eigenvalue weighted by Crippen LogP contribution is -2.42. The maximum Gasteiger partial charge on any atom is 0.244 e. The van der Waals surface area contributed by atoms with Gasteiger partial charge < -0.3 is 16.0 Å². The number of likely N-dealkylation sites (tertiary alicyclic amines) is 1. The minimum absolute atomic E-state index is 0.000207. The Morgan fingerprint density at radius 2 is 2.15 bits per heavy atom. The standard InChI is InChI=1S/C13H21N5O2/c1-10(19)15-8-11-2-5-17(6-3-11)13(20)9-18-7-4-12(14)16-18/h4,7,11H,2-3,5-6,8-9H2,1H3,(H2,14,16)(H,15,19). The van der Waals surface area contributed by atoms with Gasteiger partial charge in [-0.1, -0.05) is 0 Å². The number of nitrogen functional groups attached to an aromatic ring is 1. The molecule has 1 saturated heterocycles. The fourth-order valence-corrected chi connectivity index (χ4v) is 2.38. The first-order chi connectivity index (χ1) is 9.54. The molecule has 1 fully saturated rings. The molecule has 1 aliphatic rings. The molecule has 0 aromatic carbocycles. The predicted octanol–water partition coefficient (Wildman–Crippen LogP) is -0.160. The van der Waals surface area contributed by atoms with Crippen LogP contribution in [-0.2, 0) is 16.1 Å². The van der Waals surface area contributed by atoms with Crippen LogP contribution in [0.15, 0.2) is 12.3 Å². The summed E-state index contributed by atoms with van der Waals surface area (Å²) in [4.78, 5) is 24.8. The lowest BCUT2D eigenvalue weighted by molar-refractivity contribution is -0.133. The van der Waals surface area contributed by atoms with Gasteiger partial charge in [0.15, 0.2) is 0 Å². The highest BCUT2D eigenvalue weighted by molar-refractivity contribution is 5.76. The molecule has 0 bridgehead atoms. The second-order valence-corrected chi connectivity index (χ2v) is 5.20. The van der Waals surface area contributed by atoms with Gasteiger partial charge in [-0.25, -0.2) is 0 Å². The van der Waals surface area contributed by atoms with Crippen molar-refractivity contribution in [3.63, 3.8) is 0 Å². The summed E-state index contributed by atoms with van der Waals surface area (Å²) in [6, 6.07) is 1.67. The van der Waals surface area contributed by atoms with Crippen LogP contribution in [0.3, 0.4) is 0 Å². The summed E-state index contributed by atoms with van der Waals surface area (Å²) in [5.74, 6) is 0.945. The number of anilines is 1. The number of carbonyl (C=O) groups excluding carboxylic acids is 2. The van der Waals surface area contributed by atoms with Gasteiger partial charge in [0.05, 0.1) is 0 Å². The van der Waals surface area contributed by atoms with Crippen LogP contribution in [0.2, 0.25) is 0 Å². The third-order valence-electron chi connectivity index (χ3n) is 3.57. The molecule has 110 valence electrons. The Labute approximate surface area is 118 Å². The largest absolute Gasteiger partial charge is 0.382 e. The predicted molar refractivity (Wildman–Crippen MR) is 74.6 cm³/mol. The van der Waals surface area contributed by atoms with Crippen LogP contribution in [-0.4, -0.2) is 46.1 Å². The van der Waals surface area contributed by atoms with Crippen LogP contribution in [0.25, 0.3) is 0 Å². The van der Waals surface area contributed by atoms with Crippen LogP contribution in [0.4, 0.5) is 5.82 Å².